The number of ether oxygens (including phenoxy) is 3. The highest BCUT2D eigenvalue weighted by molar-refractivity contribution is 6.22. The summed E-state index contributed by atoms with van der Waals surface area (Å²) in [5, 5.41) is 2.76. The molecule has 0 bridgehead atoms. The average molecular weight is 498 g/mol. The van der Waals surface area contributed by atoms with Crippen LogP contribution >= 0.6 is 0 Å². The van der Waals surface area contributed by atoms with Crippen LogP contribution in [0.2, 0.25) is 0 Å². The van der Waals surface area contributed by atoms with Gasteiger partial charge in [-0.2, -0.15) is 0 Å². The summed E-state index contributed by atoms with van der Waals surface area (Å²) in [5.74, 6) is 0.206. The number of fused-ring (bicyclic) bond motifs is 3. The van der Waals surface area contributed by atoms with Crippen LogP contribution in [0.15, 0.2) is 54.6 Å². The SMILES string of the molecule is CC1(C)CC(=O)c2cc(NC(=O)c3ccc4c(c3)C(=O)N(Cc3ccc5c(c3)OCO5)C4=O)ccc2O1. The standard InChI is InChI=1S/C28H22N2O7/c1-28(2)12-21(31)20-11-17(5-8-22(20)37-28)29-25(32)16-4-6-18-19(10-16)27(34)30(26(18)33)13-15-3-7-23-24(9-15)36-14-35-23/h3-11H,12-14H2,1-2H3,(H,29,32). The van der Waals surface area contributed by atoms with Crippen LogP contribution in [-0.2, 0) is 6.54 Å². The predicted octanol–water partition coefficient (Wildman–Crippen LogP) is 4.21. The van der Waals surface area contributed by atoms with Crippen molar-refractivity contribution in [2.75, 3.05) is 12.1 Å². The van der Waals surface area contributed by atoms with Gasteiger partial charge in [0.05, 0.1) is 29.7 Å². The van der Waals surface area contributed by atoms with Gasteiger partial charge in [0, 0.05) is 11.3 Å². The molecule has 9 nitrogen and oxygen atoms in total. The van der Waals surface area contributed by atoms with Crippen LogP contribution in [0, 0.1) is 0 Å². The maximum atomic E-state index is 13.1. The van der Waals surface area contributed by atoms with Crippen LogP contribution in [0.3, 0.4) is 0 Å². The Kier molecular flexibility index (Phi) is 5.04. The number of carbonyl (C=O) groups is 4. The van der Waals surface area contributed by atoms with E-state index in [4.69, 9.17) is 14.2 Å². The maximum absolute atomic E-state index is 13.1. The van der Waals surface area contributed by atoms with Crippen LogP contribution in [-0.4, -0.2) is 40.8 Å². The van der Waals surface area contributed by atoms with Gasteiger partial charge in [-0.05, 0) is 67.9 Å². The second kappa shape index (κ2) is 8.19. The highest BCUT2D eigenvalue weighted by Crippen LogP contribution is 2.36. The number of carbonyl (C=O) groups excluding carboxylic acids is 4. The number of hydrogen-bond donors (Lipinski definition) is 1. The summed E-state index contributed by atoms with van der Waals surface area (Å²) in [6, 6.07) is 14.5. The Morgan fingerprint density at radius 2 is 1.62 bits per heavy atom. The molecule has 0 saturated heterocycles. The van der Waals surface area contributed by atoms with E-state index in [1.165, 1.54) is 18.2 Å². The lowest BCUT2D eigenvalue weighted by Gasteiger charge is -2.31. The molecule has 0 spiro atoms. The van der Waals surface area contributed by atoms with Gasteiger partial charge in [0.25, 0.3) is 17.7 Å². The lowest BCUT2D eigenvalue weighted by molar-refractivity contribution is 0.0613. The van der Waals surface area contributed by atoms with Crippen molar-refractivity contribution in [3.63, 3.8) is 0 Å². The van der Waals surface area contributed by atoms with Crippen molar-refractivity contribution in [1.29, 1.82) is 0 Å². The lowest BCUT2D eigenvalue weighted by Crippen LogP contribution is -2.35. The summed E-state index contributed by atoms with van der Waals surface area (Å²) in [5.41, 5.74) is 1.58. The van der Waals surface area contributed by atoms with Gasteiger partial charge >= 0.3 is 0 Å². The Labute approximate surface area is 211 Å². The molecule has 0 saturated carbocycles. The number of anilines is 1. The lowest BCUT2D eigenvalue weighted by atomic mass is 9.93. The molecule has 3 aromatic carbocycles. The van der Waals surface area contributed by atoms with E-state index in [2.05, 4.69) is 5.32 Å². The monoisotopic (exact) mass is 498 g/mol. The molecule has 186 valence electrons. The molecule has 0 aromatic heterocycles. The van der Waals surface area contributed by atoms with E-state index in [0.29, 0.717) is 34.1 Å². The molecule has 0 fully saturated rings. The Hall–Kier alpha value is -4.66. The third-order valence-corrected chi connectivity index (χ3v) is 6.52. The van der Waals surface area contributed by atoms with Crippen molar-refractivity contribution >= 4 is 29.2 Å². The number of nitrogens with one attached hydrogen (secondary N) is 1. The number of nitrogens with zero attached hydrogens (tertiary/aromatic N) is 1. The van der Waals surface area contributed by atoms with Crippen LogP contribution in [0.5, 0.6) is 17.2 Å². The third-order valence-electron chi connectivity index (χ3n) is 6.52. The highest BCUT2D eigenvalue weighted by Gasteiger charge is 2.36. The molecule has 6 rings (SSSR count). The number of benzene rings is 3. The molecule has 37 heavy (non-hydrogen) atoms. The average Bonchev–Trinajstić information content (AvgIpc) is 3.42. The van der Waals surface area contributed by atoms with Crippen molar-refractivity contribution in [1.82, 2.24) is 4.90 Å². The van der Waals surface area contributed by atoms with Gasteiger partial charge in [-0.3, -0.25) is 24.1 Å². The normalized spacial score (nSPS) is 16.8. The van der Waals surface area contributed by atoms with Crippen molar-refractivity contribution in [3.05, 3.63) is 82.4 Å². The minimum Gasteiger partial charge on any atom is -0.487 e. The van der Waals surface area contributed by atoms with Crippen molar-refractivity contribution in [2.24, 2.45) is 0 Å². The Balaban J connectivity index is 1.20. The van der Waals surface area contributed by atoms with E-state index in [9.17, 15) is 19.2 Å². The summed E-state index contributed by atoms with van der Waals surface area (Å²) in [7, 11) is 0. The van der Waals surface area contributed by atoms with Crippen LogP contribution < -0.4 is 19.5 Å². The fourth-order valence-electron chi connectivity index (χ4n) is 4.73. The molecule has 3 aromatic rings. The molecule has 3 heterocycles. The number of Topliss-reactive ketones (excluding diaryl/α,β-unsaturated/α-hetero) is 1. The van der Waals surface area contributed by atoms with Gasteiger partial charge in [0.1, 0.15) is 11.4 Å². The first-order chi connectivity index (χ1) is 17.7. The number of ketones is 1. The molecule has 3 aliphatic rings. The fraction of sp³-hybridized carbons (Fsp3) is 0.214. The van der Waals surface area contributed by atoms with Crippen molar-refractivity contribution in [3.8, 4) is 17.2 Å². The van der Waals surface area contributed by atoms with Crippen molar-refractivity contribution in [2.45, 2.75) is 32.4 Å². The van der Waals surface area contributed by atoms with E-state index < -0.39 is 23.3 Å². The van der Waals surface area contributed by atoms with Gasteiger partial charge in [0.15, 0.2) is 17.3 Å². The van der Waals surface area contributed by atoms with E-state index in [-0.39, 0.29) is 42.2 Å². The number of hydrogen-bond acceptors (Lipinski definition) is 7. The molecule has 1 N–H and O–H groups in total. The van der Waals surface area contributed by atoms with Crippen LogP contribution in [0.1, 0.15) is 67.3 Å². The molecule has 3 amide bonds. The van der Waals surface area contributed by atoms with Gasteiger partial charge in [-0.1, -0.05) is 6.07 Å². The molecule has 0 atom stereocenters. The van der Waals surface area contributed by atoms with Gasteiger partial charge in [-0.25, -0.2) is 0 Å². The molecule has 0 aliphatic carbocycles. The summed E-state index contributed by atoms with van der Waals surface area (Å²) in [6.07, 6.45) is 0.237. The quantitative estimate of drug-likeness (QED) is 0.537. The Morgan fingerprint density at radius 1 is 0.865 bits per heavy atom. The first-order valence-corrected chi connectivity index (χ1v) is 11.7. The summed E-state index contributed by atoms with van der Waals surface area (Å²) < 4.78 is 16.5. The zero-order valence-electron chi connectivity index (χ0n) is 20.1. The Morgan fingerprint density at radius 3 is 2.46 bits per heavy atom. The Bertz CT molecular complexity index is 1520. The minimum atomic E-state index is -0.583. The second-order valence-electron chi connectivity index (χ2n) is 9.77. The second-order valence-corrected chi connectivity index (χ2v) is 9.77. The first kappa shape index (κ1) is 22.8. The molecule has 0 unspecified atom stereocenters. The van der Waals surface area contributed by atoms with Crippen LogP contribution in [0.4, 0.5) is 5.69 Å². The number of rotatable bonds is 4. The fourth-order valence-corrected chi connectivity index (χ4v) is 4.73. The van der Waals surface area contributed by atoms with Crippen LogP contribution in [0.25, 0.3) is 0 Å². The minimum absolute atomic E-state index is 0.0621. The molecular formula is C28H22N2O7. The van der Waals surface area contributed by atoms with Crippen molar-refractivity contribution < 1.29 is 33.4 Å². The van der Waals surface area contributed by atoms with E-state index in [0.717, 1.165) is 4.90 Å². The molecular weight excluding hydrogens is 476 g/mol. The predicted molar refractivity (Wildman–Crippen MR) is 131 cm³/mol. The van der Waals surface area contributed by atoms with E-state index in [1.54, 1.807) is 36.4 Å². The number of amides is 3. The summed E-state index contributed by atoms with van der Waals surface area (Å²) >= 11 is 0. The topological polar surface area (TPSA) is 111 Å². The zero-order chi connectivity index (χ0) is 25.9. The molecule has 0 radical (unpaired) electrons. The van der Waals surface area contributed by atoms with Gasteiger partial charge in [-0.15, -0.1) is 0 Å². The van der Waals surface area contributed by atoms with Gasteiger partial charge < -0.3 is 19.5 Å². The first-order valence-electron chi connectivity index (χ1n) is 11.7. The van der Waals surface area contributed by atoms with Gasteiger partial charge in [0.2, 0.25) is 6.79 Å². The summed E-state index contributed by atoms with van der Waals surface area (Å²) in [6.45, 7) is 3.89. The zero-order valence-corrected chi connectivity index (χ0v) is 20.1. The highest BCUT2D eigenvalue weighted by atomic mass is 16.7. The molecule has 9 heteroatoms. The smallest absolute Gasteiger partial charge is 0.261 e. The number of imide groups is 1. The van der Waals surface area contributed by atoms with E-state index in [1.807, 2.05) is 13.8 Å². The summed E-state index contributed by atoms with van der Waals surface area (Å²) in [4.78, 5) is 52.7. The third kappa shape index (κ3) is 3.98. The molecule has 3 aliphatic heterocycles. The van der Waals surface area contributed by atoms with E-state index >= 15 is 0 Å². The largest absolute Gasteiger partial charge is 0.487 e. The maximum Gasteiger partial charge on any atom is 0.261 e.